The molecule has 1 aliphatic rings. The summed E-state index contributed by atoms with van der Waals surface area (Å²) in [5.41, 5.74) is 2.76. The third-order valence-electron chi connectivity index (χ3n) is 5.13. The van der Waals surface area contributed by atoms with Crippen LogP contribution in [0.2, 0.25) is 0 Å². The van der Waals surface area contributed by atoms with Gasteiger partial charge >= 0.3 is 0 Å². The molecule has 1 aromatic carbocycles. The molecule has 0 unspecified atom stereocenters. The van der Waals surface area contributed by atoms with Crippen molar-refractivity contribution in [1.29, 1.82) is 0 Å². The molecule has 8 nitrogen and oxygen atoms in total. The Hall–Kier alpha value is -3.04. The summed E-state index contributed by atoms with van der Waals surface area (Å²) in [6, 6.07) is 7.93. The Morgan fingerprint density at radius 1 is 1.17 bits per heavy atom. The fraction of sp³-hybridized carbons (Fsp3) is 0.300. The predicted molar refractivity (Wildman–Crippen MR) is 111 cm³/mol. The Kier molecular flexibility index (Phi) is 4.21. The largest absolute Gasteiger partial charge is 0.480 e. The van der Waals surface area contributed by atoms with Gasteiger partial charge in [-0.2, -0.15) is 4.98 Å². The van der Waals surface area contributed by atoms with Gasteiger partial charge in [0.1, 0.15) is 11.4 Å². The number of hydrogen-bond donors (Lipinski definition) is 0. The zero-order valence-electron chi connectivity index (χ0n) is 16.3. The molecule has 0 N–H and O–H groups in total. The van der Waals surface area contributed by atoms with Crippen LogP contribution in [0.15, 0.2) is 24.3 Å². The molecule has 4 heterocycles. The molecule has 0 radical (unpaired) electrons. The Morgan fingerprint density at radius 3 is 2.79 bits per heavy atom. The van der Waals surface area contributed by atoms with Gasteiger partial charge in [0.05, 0.1) is 28.4 Å². The lowest BCUT2D eigenvalue weighted by Gasteiger charge is -2.13. The van der Waals surface area contributed by atoms with Gasteiger partial charge in [0.15, 0.2) is 5.82 Å². The van der Waals surface area contributed by atoms with Crippen molar-refractivity contribution in [2.24, 2.45) is 0 Å². The first kappa shape index (κ1) is 18.0. The SMILES string of the molecule is COCc1nc(OC)c2c(C)c(C(=O)N3CCn4c3nc3ccccc34)sc2n1. The number of carbonyl (C=O) groups is 1. The summed E-state index contributed by atoms with van der Waals surface area (Å²) in [7, 11) is 3.16. The first-order valence-electron chi connectivity index (χ1n) is 9.22. The van der Waals surface area contributed by atoms with E-state index in [1.807, 2.05) is 31.2 Å². The molecule has 0 saturated heterocycles. The molecule has 9 heteroatoms. The summed E-state index contributed by atoms with van der Waals surface area (Å²) < 4.78 is 12.7. The second-order valence-electron chi connectivity index (χ2n) is 6.83. The van der Waals surface area contributed by atoms with Gasteiger partial charge in [-0.05, 0) is 24.6 Å². The van der Waals surface area contributed by atoms with E-state index in [9.17, 15) is 4.79 Å². The van der Waals surface area contributed by atoms with Crippen molar-refractivity contribution < 1.29 is 14.3 Å². The number of fused-ring (bicyclic) bond motifs is 4. The molecule has 0 atom stereocenters. The van der Waals surface area contributed by atoms with Crippen LogP contribution in [-0.2, 0) is 17.9 Å². The number of hydrogen-bond acceptors (Lipinski definition) is 7. The van der Waals surface area contributed by atoms with E-state index in [0.29, 0.717) is 29.1 Å². The molecule has 3 aromatic heterocycles. The summed E-state index contributed by atoms with van der Waals surface area (Å²) >= 11 is 1.36. The van der Waals surface area contributed by atoms with E-state index >= 15 is 0 Å². The van der Waals surface area contributed by atoms with Crippen molar-refractivity contribution in [3.8, 4) is 5.88 Å². The van der Waals surface area contributed by atoms with E-state index in [0.717, 1.165) is 33.4 Å². The highest BCUT2D eigenvalue weighted by atomic mass is 32.1. The third-order valence-corrected chi connectivity index (χ3v) is 6.31. The summed E-state index contributed by atoms with van der Waals surface area (Å²) in [4.78, 5) is 30.2. The lowest BCUT2D eigenvalue weighted by atomic mass is 10.2. The molecule has 4 aromatic rings. The van der Waals surface area contributed by atoms with E-state index in [1.165, 1.54) is 11.3 Å². The smallest absolute Gasteiger partial charge is 0.271 e. The maximum absolute atomic E-state index is 13.5. The van der Waals surface area contributed by atoms with Crippen LogP contribution < -0.4 is 9.64 Å². The van der Waals surface area contributed by atoms with E-state index in [4.69, 9.17) is 9.47 Å². The normalized spacial score (nSPS) is 13.4. The molecule has 0 bridgehead atoms. The summed E-state index contributed by atoms with van der Waals surface area (Å²) in [6.45, 7) is 3.51. The predicted octanol–water partition coefficient (Wildman–Crippen LogP) is 3.16. The Bertz CT molecular complexity index is 1260. The van der Waals surface area contributed by atoms with Crippen LogP contribution in [0.25, 0.3) is 21.3 Å². The van der Waals surface area contributed by atoms with Crippen LogP contribution in [0.5, 0.6) is 5.88 Å². The van der Waals surface area contributed by atoms with Gasteiger partial charge in [-0.3, -0.25) is 9.69 Å². The van der Waals surface area contributed by atoms with Crippen LogP contribution in [-0.4, -0.2) is 46.2 Å². The van der Waals surface area contributed by atoms with Crippen LogP contribution in [0.3, 0.4) is 0 Å². The second-order valence-corrected chi connectivity index (χ2v) is 7.83. The van der Waals surface area contributed by atoms with Gasteiger partial charge in [-0.25, -0.2) is 9.97 Å². The molecule has 0 spiro atoms. The van der Waals surface area contributed by atoms with Gasteiger partial charge < -0.3 is 14.0 Å². The van der Waals surface area contributed by atoms with Crippen molar-refractivity contribution in [2.45, 2.75) is 20.1 Å². The molecule has 1 aliphatic heterocycles. The maximum atomic E-state index is 13.5. The number of anilines is 1. The average Bonchev–Trinajstić information content (AvgIpc) is 3.39. The molecule has 5 rings (SSSR count). The monoisotopic (exact) mass is 409 g/mol. The standard InChI is InChI=1S/C20H19N5O3S/c1-11-15-17(28-3)22-14(10-27-2)23-18(15)29-16(11)19(26)25-9-8-24-13-7-5-4-6-12(13)21-20(24)25/h4-7H,8-10H2,1-3H3. The van der Waals surface area contributed by atoms with Crippen LogP contribution in [0.4, 0.5) is 5.95 Å². The number of benzene rings is 1. The van der Waals surface area contributed by atoms with E-state index < -0.39 is 0 Å². The third kappa shape index (κ3) is 2.69. The zero-order valence-corrected chi connectivity index (χ0v) is 17.1. The van der Waals surface area contributed by atoms with E-state index in [2.05, 4.69) is 19.5 Å². The molecular formula is C20H19N5O3S. The quantitative estimate of drug-likeness (QED) is 0.515. The van der Waals surface area contributed by atoms with Crippen molar-refractivity contribution in [3.63, 3.8) is 0 Å². The number of aryl methyl sites for hydroxylation is 1. The number of aromatic nitrogens is 4. The Morgan fingerprint density at radius 2 is 2.00 bits per heavy atom. The lowest BCUT2D eigenvalue weighted by molar-refractivity contribution is 0.0992. The lowest BCUT2D eigenvalue weighted by Crippen LogP contribution is -2.29. The van der Waals surface area contributed by atoms with Crippen LogP contribution in [0, 0.1) is 6.92 Å². The van der Waals surface area contributed by atoms with Crippen molar-refractivity contribution in [2.75, 3.05) is 25.7 Å². The van der Waals surface area contributed by atoms with E-state index in [-0.39, 0.29) is 12.5 Å². The molecule has 0 fully saturated rings. The van der Waals surface area contributed by atoms with Crippen LogP contribution in [0.1, 0.15) is 21.1 Å². The molecule has 148 valence electrons. The van der Waals surface area contributed by atoms with Gasteiger partial charge in [-0.15, -0.1) is 11.3 Å². The van der Waals surface area contributed by atoms with Crippen molar-refractivity contribution in [3.05, 3.63) is 40.5 Å². The van der Waals surface area contributed by atoms with Gasteiger partial charge in [0.25, 0.3) is 5.91 Å². The van der Waals surface area contributed by atoms with Crippen molar-refractivity contribution >= 4 is 44.4 Å². The number of thiophene rings is 1. The average molecular weight is 409 g/mol. The fourth-order valence-electron chi connectivity index (χ4n) is 3.79. The second kappa shape index (κ2) is 6.78. The van der Waals surface area contributed by atoms with Crippen LogP contribution >= 0.6 is 11.3 Å². The first-order chi connectivity index (χ1) is 14.1. The summed E-state index contributed by atoms with van der Waals surface area (Å²) in [5, 5.41) is 0.772. The van der Waals surface area contributed by atoms with Gasteiger partial charge in [0, 0.05) is 20.2 Å². The minimum atomic E-state index is -0.0742. The number of rotatable bonds is 4. The number of imidazole rings is 1. The first-order valence-corrected chi connectivity index (χ1v) is 10.0. The molecule has 1 amide bonds. The number of para-hydroxylation sites is 2. The number of carbonyl (C=O) groups excluding carboxylic acids is 1. The van der Waals surface area contributed by atoms with Gasteiger partial charge in [-0.1, -0.05) is 12.1 Å². The summed E-state index contributed by atoms with van der Waals surface area (Å²) in [5.74, 6) is 1.60. The number of ether oxygens (including phenoxy) is 2. The molecule has 0 aliphatic carbocycles. The highest BCUT2D eigenvalue weighted by Gasteiger charge is 2.32. The topological polar surface area (TPSA) is 82.4 Å². The minimum Gasteiger partial charge on any atom is -0.480 e. The fourth-order valence-corrected chi connectivity index (χ4v) is 4.93. The molecule has 0 saturated carbocycles. The maximum Gasteiger partial charge on any atom is 0.271 e. The Labute approximate surface area is 170 Å². The molecular weight excluding hydrogens is 390 g/mol. The molecule has 29 heavy (non-hydrogen) atoms. The minimum absolute atomic E-state index is 0.0742. The Balaban J connectivity index is 1.60. The summed E-state index contributed by atoms with van der Waals surface area (Å²) in [6.07, 6.45) is 0. The highest BCUT2D eigenvalue weighted by Crippen LogP contribution is 2.37. The van der Waals surface area contributed by atoms with Gasteiger partial charge in [0.2, 0.25) is 11.8 Å². The zero-order chi connectivity index (χ0) is 20.1. The van der Waals surface area contributed by atoms with E-state index in [1.54, 1.807) is 19.1 Å². The number of methoxy groups -OCH3 is 2. The van der Waals surface area contributed by atoms with Crippen molar-refractivity contribution in [1.82, 2.24) is 19.5 Å². The number of amides is 1. The highest BCUT2D eigenvalue weighted by molar-refractivity contribution is 7.20. The number of nitrogens with zero attached hydrogens (tertiary/aromatic N) is 5.